The maximum Gasteiger partial charge on any atom is 0.227 e. The summed E-state index contributed by atoms with van der Waals surface area (Å²) >= 11 is 0. The fraction of sp³-hybridized carbons (Fsp3) is 0.632. The molecule has 0 spiro atoms. The monoisotopic (exact) mass is 318 g/mol. The molecule has 0 aromatic heterocycles. The van der Waals surface area contributed by atoms with E-state index in [1.165, 1.54) is 38.5 Å². The summed E-state index contributed by atoms with van der Waals surface area (Å²) in [5, 5.41) is 0. The van der Waals surface area contributed by atoms with Crippen LogP contribution < -0.4 is 15.4 Å². The number of carbonyl (C=O) groups excluding carboxylic acids is 1. The summed E-state index contributed by atoms with van der Waals surface area (Å²) in [6.45, 7) is 2.24. The van der Waals surface area contributed by atoms with Crippen LogP contribution in [0.1, 0.15) is 64.7 Å². The van der Waals surface area contributed by atoms with Gasteiger partial charge >= 0.3 is 0 Å². The third-order valence-corrected chi connectivity index (χ3v) is 4.71. The molecule has 1 heterocycles. The summed E-state index contributed by atoms with van der Waals surface area (Å²) in [6, 6.07) is 5.96. The van der Waals surface area contributed by atoms with Crippen LogP contribution in [0.4, 0.5) is 11.4 Å². The normalized spacial score (nSPS) is 17.7. The molecule has 1 aliphatic heterocycles. The van der Waals surface area contributed by atoms with E-state index in [1.807, 2.05) is 23.1 Å². The van der Waals surface area contributed by atoms with E-state index < -0.39 is 0 Å². The Kier molecular flexibility index (Phi) is 6.75. The van der Waals surface area contributed by atoms with Gasteiger partial charge < -0.3 is 15.4 Å². The molecule has 4 nitrogen and oxygen atoms in total. The smallest absolute Gasteiger partial charge is 0.227 e. The molecule has 1 aromatic rings. The van der Waals surface area contributed by atoms with Crippen LogP contribution in [0.5, 0.6) is 5.75 Å². The number of ether oxygens (including phenoxy) is 1. The van der Waals surface area contributed by atoms with Crippen molar-refractivity contribution in [2.24, 2.45) is 0 Å². The van der Waals surface area contributed by atoms with Gasteiger partial charge in [-0.1, -0.05) is 45.4 Å². The van der Waals surface area contributed by atoms with Gasteiger partial charge in [0.15, 0.2) is 0 Å². The maximum absolute atomic E-state index is 12.3. The molecule has 1 saturated heterocycles. The SMILES string of the molecule is CCCCCCCCC1CCC(=O)N1c1ccc(OC)c(N)c1. The van der Waals surface area contributed by atoms with Gasteiger partial charge in [0.25, 0.3) is 0 Å². The van der Waals surface area contributed by atoms with Crippen molar-refractivity contribution in [1.82, 2.24) is 0 Å². The number of carbonyl (C=O) groups is 1. The van der Waals surface area contributed by atoms with Crippen molar-refractivity contribution >= 4 is 17.3 Å². The highest BCUT2D eigenvalue weighted by Crippen LogP contribution is 2.33. The largest absolute Gasteiger partial charge is 0.495 e. The van der Waals surface area contributed by atoms with Crippen molar-refractivity contribution in [3.8, 4) is 5.75 Å². The summed E-state index contributed by atoms with van der Waals surface area (Å²) in [5.74, 6) is 0.874. The summed E-state index contributed by atoms with van der Waals surface area (Å²) in [5.41, 5.74) is 7.49. The maximum atomic E-state index is 12.3. The number of anilines is 2. The number of hydrogen-bond acceptors (Lipinski definition) is 3. The molecule has 0 bridgehead atoms. The highest BCUT2D eigenvalue weighted by molar-refractivity contribution is 5.96. The number of amides is 1. The third-order valence-electron chi connectivity index (χ3n) is 4.71. The Morgan fingerprint density at radius 2 is 1.96 bits per heavy atom. The van der Waals surface area contributed by atoms with Gasteiger partial charge in [0.05, 0.1) is 12.8 Å². The molecule has 1 aliphatic rings. The molecule has 1 amide bonds. The lowest BCUT2D eigenvalue weighted by Crippen LogP contribution is -2.32. The molecule has 2 rings (SSSR count). The van der Waals surface area contributed by atoms with E-state index in [1.54, 1.807) is 7.11 Å². The van der Waals surface area contributed by atoms with Gasteiger partial charge in [0.1, 0.15) is 5.75 Å². The lowest BCUT2D eigenvalue weighted by atomic mass is 10.0. The van der Waals surface area contributed by atoms with Gasteiger partial charge in [-0.05, 0) is 31.0 Å². The van der Waals surface area contributed by atoms with Crippen LogP contribution in [0, 0.1) is 0 Å². The Balaban J connectivity index is 1.93. The second kappa shape index (κ2) is 8.80. The molecule has 2 N–H and O–H groups in total. The van der Waals surface area contributed by atoms with Crippen LogP contribution in [0.15, 0.2) is 18.2 Å². The Morgan fingerprint density at radius 1 is 1.22 bits per heavy atom. The highest BCUT2D eigenvalue weighted by atomic mass is 16.5. The minimum absolute atomic E-state index is 0.213. The molecule has 0 radical (unpaired) electrons. The fourth-order valence-electron chi connectivity index (χ4n) is 3.40. The van der Waals surface area contributed by atoms with E-state index in [0.717, 1.165) is 18.5 Å². The van der Waals surface area contributed by atoms with Crippen LogP contribution in [0.2, 0.25) is 0 Å². The highest BCUT2D eigenvalue weighted by Gasteiger charge is 2.31. The summed E-state index contributed by atoms with van der Waals surface area (Å²) in [6.07, 6.45) is 10.4. The molecule has 0 saturated carbocycles. The van der Waals surface area contributed by atoms with Crippen molar-refractivity contribution < 1.29 is 9.53 Å². The van der Waals surface area contributed by atoms with Gasteiger partial charge in [-0.3, -0.25) is 4.79 Å². The van der Waals surface area contributed by atoms with Crippen LogP contribution >= 0.6 is 0 Å². The molecular weight excluding hydrogens is 288 g/mol. The summed E-state index contributed by atoms with van der Waals surface area (Å²) in [7, 11) is 1.60. The molecule has 1 fully saturated rings. The van der Waals surface area contributed by atoms with E-state index in [0.29, 0.717) is 23.9 Å². The van der Waals surface area contributed by atoms with Crippen LogP contribution in [-0.2, 0) is 4.79 Å². The Morgan fingerprint density at radius 3 is 2.65 bits per heavy atom. The van der Waals surface area contributed by atoms with Crippen molar-refractivity contribution in [1.29, 1.82) is 0 Å². The van der Waals surface area contributed by atoms with Crippen LogP contribution in [0.25, 0.3) is 0 Å². The number of hydrogen-bond donors (Lipinski definition) is 1. The topological polar surface area (TPSA) is 55.6 Å². The number of benzene rings is 1. The van der Waals surface area contributed by atoms with E-state index >= 15 is 0 Å². The number of nitrogens with two attached hydrogens (primary N) is 1. The predicted octanol–water partition coefficient (Wildman–Crippen LogP) is 4.52. The van der Waals surface area contributed by atoms with Crippen LogP contribution in [0.3, 0.4) is 0 Å². The molecule has 4 heteroatoms. The first-order valence-corrected chi connectivity index (χ1v) is 8.93. The zero-order valence-electron chi connectivity index (χ0n) is 14.5. The van der Waals surface area contributed by atoms with E-state index in [-0.39, 0.29) is 5.91 Å². The zero-order valence-corrected chi connectivity index (χ0v) is 14.5. The fourth-order valence-corrected chi connectivity index (χ4v) is 3.40. The van der Waals surface area contributed by atoms with E-state index in [4.69, 9.17) is 10.5 Å². The molecule has 1 unspecified atom stereocenters. The molecule has 0 aliphatic carbocycles. The van der Waals surface area contributed by atoms with Crippen molar-refractivity contribution in [3.63, 3.8) is 0 Å². The van der Waals surface area contributed by atoms with Crippen molar-refractivity contribution in [3.05, 3.63) is 18.2 Å². The van der Waals surface area contributed by atoms with E-state index in [9.17, 15) is 4.79 Å². The van der Waals surface area contributed by atoms with Gasteiger partial charge in [-0.15, -0.1) is 0 Å². The summed E-state index contributed by atoms with van der Waals surface area (Å²) < 4.78 is 5.20. The lowest BCUT2D eigenvalue weighted by molar-refractivity contribution is -0.117. The number of nitrogen functional groups attached to an aromatic ring is 1. The number of rotatable bonds is 9. The predicted molar refractivity (Wildman–Crippen MR) is 95.9 cm³/mol. The number of methoxy groups -OCH3 is 1. The van der Waals surface area contributed by atoms with Crippen molar-refractivity contribution in [2.45, 2.75) is 70.8 Å². The van der Waals surface area contributed by atoms with E-state index in [2.05, 4.69) is 6.92 Å². The number of unbranched alkanes of at least 4 members (excludes halogenated alkanes) is 5. The first-order chi connectivity index (χ1) is 11.2. The Bertz CT molecular complexity index is 516. The molecule has 1 aromatic carbocycles. The molecule has 23 heavy (non-hydrogen) atoms. The average Bonchev–Trinajstić information content (AvgIpc) is 2.91. The van der Waals surface area contributed by atoms with Gasteiger partial charge in [0.2, 0.25) is 5.91 Å². The molecule has 1 atom stereocenters. The zero-order chi connectivity index (χ0) is 16.7. The third kappa shape index (κ3) is 4.63. The van der Waals surface area contributed by atoms with Crippen molar-refractivity contribution in [2.75, 3.05) is 17.7 Å². The second-order valence-corrected chi connectivity index (χ2v) is 6.44. The van der Waals surface area contributed by atoms with Gasteiger partial charge in [-0.2, -0.15) is 0 Å². The number of nitrogens with zero attached hydrogens (tertiary/aromatic N) is 1. The van der Waals surface area contributed by atoms with Crippen LogP contribution in [-0.4, -0.2) is 19.1 Å². The average molecular weight is 318 g/mol. The quantitative estimate of drug-likeness (QED) is 0.538. The first-order valence-electron chi connectivity index (χ1n) is 8.93. The first kappa shape index (κ1) is 17.6. The summed E-state index contributed by atoms with van der Waals surface area (Å²) in [4.78, 5) is 14.2. The van der Waals surface area contributed by atoms with Gasteiger partial charge in [-0.25, -0.2) is 0 Å². The second-order valence-electron chi connectivity index (χ2n) is 6.44. The molecule has 128 valence electrons. The lowest BCUT2D eigenvalue weighted by Gasteiger charge is -2.25. The van der Waals surface area contributed by atoms with Gasteiger partial charge in [0, 0.05) is 18.2 Å². The molecular formula is C19H30N2O2. The Labute approximate surface area is 140 Å². The minimum atomic E-state index is 0.213. The minimum Gasteiger partial charge on any atom is -0.495 e. The Hall–Kier alpha value is -1.71. The standard InChI is InChI=1S/C19H30N2O2/c1-3-4-5-6-7-8-9-15-11-13-19(22)21(15)16-10-12-18(23-2)17(20)14-16/h10,12,14-15H,3-9,11,13,20H2,1-2H3.